The maximum absolute atomic E-state index is 11.8. The Morgan fingerprint density at radius 3 is 2.50 bits per heavy atom. The SMILES string of the molecule is CC(C)(C)C(=O)ON1CCN(c2ncncc2I)CC1. The molecule has 20 heavy (non-hydrogen) atoms. The van der Waals surface area contributed by atoms with E-state index >= 15 is 0 Å². The van der Waals surface area contributed by atoms with Gasteiger partial charge >= 0.3 is 5.97 Å². The fourth-order valence-electron chi connectivity index (χ4n) is 1.78. The second kappa shape index (κ2) is 6.21. The van der Waals surface area contributed by atoms with Gasteiger partial charge in [0.15, 0.2) is 0 Å². The van der Waals surface area contributed by atoms with Crippen LogP contribution in [0.4, 0.5) is 5.82 Å². The van der Waals surface area contributed by atoms with Crippen LogP contribution < -0.4 is 4.90 Å². The molecular weight excluding hydrogens is 371 g/mol. The fraction of sp³-hybridized carbons (Fsp3) is 0.615. The first kappa shape index (κ1) is 15.4. The topological polar surface area (TPSA) is 58.6 Å². The molecule has 0 bridgehead atoms. The third-order valence-electron chi connectivity index (χ3n) is 3.01. The fourth-order valence-corrected chi connectivity index (χ4v) is 2.43. The summed E-state index contributed by atoms with van der Waals surface area (Å²) < 4.78 is 1.03. The Balaban J connectivity index is 1.90. The summed E-state index contributed by atoms with van der Waals surface area (Å²) >= 11 is 2.23. The van der Waals surface area contributed by atoms with Crippen molar-refractivity contribution in [2.75, 3.05) is 31.1 Å². The molecule has 6 nitrogen and oxygen atoms in total. The van der Waals surface area contributed by atoms with E-state index < -0.39 is 5.41 Å². The molecule has 1 aliphatic heterocycles. The van der Waals surface area contributed by atoms with Crippen LogP contribution in [-0.4, -0.2) is 47.2 Å². The molecule has 1 fully saturated rings. The van der Waals surface area contributed by atoms with E-state index in [1.54, 1.807) is 17.6 Å². The van der Waals surface area contributed by atoms with Crippen molar-refractivity contribution in [3.63, 3.8) is 0 Å². The Bertz CT molecular complexity index is 482. The van der Waals surface area contributed by atoms with Crippen molar-refractivity contribution < 1.29 is 9.63 Å². The van der Waals surface area contributed by atoms with E-state index in [0.29, 0.717) is 13.1 Å². The number of carbonyl (C=O) groups is 1. The average Bonchev–Trinajstić information content (AvgIpc) is 2.39. The van der Waals surface area contributed by atoms with E-state index in [4.69, 9.17) is 4.84 Å². The van der Waals surface area contributed by atoms with Gasteiger partial charge in [0.2, 0.25) is 0 Å². The summed E-state index contributed by atoms with van der Waals surface area (Å²) in [6, 6.07) is 0. The van der Waals surface area contributed by atoms with E-state index in [0.717, 1.165) is 22.5 Å². The average molecular weight is 390 g/mol. The van der Waals surface area contributed by atoms with Gasteiger partial charge in [0, 0.05) is 19.3 Å². The van der Waals surface area contributed by atoms with Crippen molar-refractivity contribution >= 4 is 34.4 Å². The third kappa shape index (κ3) is 3.78. The van der Waals surface area contributed by atoms with E-state index in [1.807, 2.05) is 20.8 Å². The lowest BCUT2D eigenvalue weighted by atomic mass is 9.98. The molecule has 0 saturated carbocycles. The Morgan fingerprint density at radius 2 is 1.95 bits per heavy atom. The summed E-state index contributed by atoms with van der Waals surface area (Å²) in [5.41, 5.74) is -0.473. The van der Waals surface area contributed by atoms with Crippen molar-refractivity contribution in [2.24, 2.45) is 5.41 Å². The summed E-state index contributed by atoms with van der Waals surface area (Å²) in [6.45, 7) is 8.50. The zero-order valence-corrected chi connectivity index (χ0v) is 14.1. The van der Waals surface area contributed by atoms with Crippen molar-refractivity contribution in [2.45, 2.75) is 20.8 Å². The monoisotopic (exact) mass is 390 g/mol. The van der Waals surface area contributed by atoms with Gasteiger partial charge in [0.25, 0.3) is 0 Å². The maximum atomic E-state index is 11.8. The number of nitrogens with zero attached hydrogens (tertiary/aromatic N) is 4. The first-order chi connectivity index (χ1) is 9.38. The third-order valence-corrected chi connectivity index (χ3v) is 3.77. The van der Waals surface area contributed by atoms with Crippen LogP contribution in [0.2, 0.25) is 0 Å². The van der Waals surface area contributed by atoms with Gasteiger partial charge in [-0.05, 0) is 43.4 Å². The van der Waals surface area contributed by atoms with Gasteiger partial charge in [0.1, 0.15) is 12.1 Å². The number of hydroxylamine groups is 2. The standard InChI is InChI=1S/C13H19IN4O2/c1-13(2,3)12(19)20-18-6-4-17(5-7-18)11-10(14)8-15-9-16-11/h8-9H,4-7H2,1-3H3. The van der Waals surface area contributed by atoms with E-state index in [-0.39, 0.29) is 5.97 Å². The van der Waals surface area contributed by atoms with Crippen LogP contribution >= 0.6 is 22.6 Å². The zero-order chi connectivity index (χ0) is 14.8. The lowest BCUT2D eigenvalue weighted by Crippen LogP contribution is -2.48. The maximum Gasteiger partial charge on any atom is 0.330 e. The molecule has 0 amide bonds. The molecule has 1 aliphatic rings. The second-order valence-electron chi connectivity index (χ2n) is 5.74. The number of anilines is 1. The van der Waals surface area contributed by atoms with Crippen LogP contribution in [0.1, 0.15) is 20.8 Å². The molecule has 0 aliphatic carbocycles. The molecule has 1 saturated heterocycles. The van der Waals surface area contributed by atoms with Gasteiger partial charge < -0.3 is 9.74 Å². The number of halogens is 1. The summed E-state index contributed by atoms with van der Waals surface area (Å²) in [5, 5.41) is 1.73. The molecular formula is C13H19IN4O2. The molecule has 2 rings (SSSR count). The molecule has 0 spiro atoms. The molecule has 0 radical (unpaired) electrons. The number of piperazine rings is 1. The molecule has 0 atom stereocenters. The minimum atomic E-state index is -0.473. The van der Waals surface area contributed by atoms with Crippen LogP contribution in [0.5, 0.6) is 0 Å². The van der Waals surface area contributed by atoms with Crippen LogP contribution in [-0.2, 0) is 9.63 Å². The van der Waals surface area contributed by atoms with Gasteiger partial charge in [-0.15, -0.1) is 5.06 Å². The normalized spacial score (nSPS) is 17.1. The predicted octanol–water partition coefficient (Wildman–Crippen LogP) is 1.71. The Hall–Kier alpha value is -0.960. The molecule has 2 heterocycles. The summed E-state index contributed by atoms with van der Waals surface area (Å²) in [7, 11) is 0. The summed E-state index contributed by atoms with van der Waals surface area (Å²) in [4.78, 5) is 27.7. The molecule has 1 aromatic heterocycles. The van der Waals surface area contributed by atoms with E-state index in [2.05, 4.69) is 37.5 Å². The first-order valence-corrected chi connectivity index (χ1v) is 7.63. The largest absolute Gasteiger partial charge is 0.367 e. The highest BCUT2D eigenvalue weighted by Crippen LogP contribution is 2.21. The molecule has 1 aromatic rings. The number of carbonyl (C=O) groups excluding carboxylic acids is 1. The number of hydrogen-bond acceptors (Lipinski definition) is 6. The molecule has 0 unspecified atom stereocenters. The lowest BCUT2D eigenvalue weighted by molar-refractivity contribution is -0.201. The number of aromatic nitrogens is 2. The van der Waals surface area contributed by atoms with Gasteiger partial charge in [-0.3, -0.25) is 0 Å². The van der Waals surface area contributed by atoms with E-state index in [9.17, 15) is 4.79 Å². The molecule has 0 N–H and O–H groups in total. The minimum Gasteiger partial charge on any atom is -0.367 e. The first-order valence-electron chi connectivity index (χ1n) is 6.56. The summed E-state index contributed by atoms with van der Waals surface area (Å²) in [5.74, 6) is 0.755. The van der Waals surface area contributed by atoms with Crippen molar-refractivity contribution in [1.29, 1.82) is 0 Å². The quantitative estimate of drug-likeness (QED) is 0.717. The lowest BCUT2D eigenvalue weighted by Gasteiger charge is -2.35. The van der Waals surface area contributed by atoms with Crippen LogP contribution in [0.3, 0.4) is 0 Å². The Morgan fingerprint density at radius 1 is 1.30 bits per heavy atom. The van der Waals surface area contributed by atoms with E-state index in [1.165, 1.54) is 0 Å². The number of rotatable bonds is 2. The highest BCUT2D eigenvalue weighted by molar-refractivity contribution is 14.1. The van der Waals surface area contributed by atoms with Gasteiger partial charge in [-0.1, -0.05) is 0 Å². The molecule has 0 aromatic carbocycles. The Kier molecular flexibility index (Phi) is 4.79. The van der Waals surface area contributed by atoms with Crippen molar-refractivity contribution in [3.05, 3.63) is 16.1 Å². The highest BCUT2D eigenvalue weighted by Gasteiger charge is 2.28. The van der Waals surface area contributed by atoms with Crippen LogP contribution in [0.25, 0.3) is 0 Å². The summed E-state index contributed by atoms with van der Waals surface area (Å²) in [6.07, 6.45) is 3.36. The zero-order valence-electron chi connectivity index (χ0n) is 12.0. The predicted molar refractivity (Wildman–Crippen MR) is 84.1 cm³/mol. The van der Waals surface area contributed by atoms with Crippen molar-refractivity contribution in [1.82, 2.24) is 15.0 Å². The minimum absolute atomic E-state index is 0.192. The van der Waals surface area contributed by atoms with Gasteiger partial charge in [-0.25, -0.2) is 14.8 Å². The smallest absolute Gasteiger partial charge is 0.330 e. The van der Waals surface area contributed by atoms with Gasteiger partial charge in [0.05, 0.1) is 22.1 Å². The van der Waals surface area contributed by atoms with Gasteiger partial charge in [-0.2, -0.15) is 0 Å². The second-order valence-corrected chi connectivity index (χ2v) is 6.90. The number of hydrogen-bond donors (Lipinski definition) is 0. The Labute approximate surface area is 132 Å². The molecule has 110 valence electrons. The van der Waals surface area contributed by atoms with Crippen LogP contribution in [0, 0.1) is 8.99 Å². The highest BCUT2D eigenvalue weighted by atomic mass is 127. The molecule has 7 heteroatoms. The van der Waals surface area contributed by atoms with Crippen molar-refractivity contribution in [3.8, 4) is 0 Å². The van der Waals surface area contributed by atoms with Crippen LogP contribution in [0.15, 0.2) is 12.5 Å².